The van der Waals surface area contributed by atoms with Crippen molar-refractivity contribution in [2.75, 3.05) is 6.54 Å². The summed E-state index contributed by atoms with van der Waals surface area (Å²) in [5.41, 5.74) is 1.12. The Kier molecular flexibility index (Phi) is 7.46. The van der Waals surface area contributed by atoms with E-state index in [-0.39, 0.29) is 40.9 Å². The van der Waals surface area contributed by atoms with E-state index in [9.17, 15) is 27.9 Å². The first-order valence-corrected chi connectivity index (χ1v) is 13.7. The van der Waals surface area contributed by atoms with Gasteiger partial charge in [-0.05, 0) is 52.8 Å². The van der Waals surface area contributed by atoms with Crippen molar-refractivity contribution >= 4 is 23.4 Å². The van der Waals surface area contributed by atoms with Crippen molar-refractivity contribution in [3.05, 3.63) is 69.5 Å². The number of carbonyl (C=O) groups is 2. The molecule has 0 spiro atoms. The van der Waals surface area contributed by atoms with E-state index in [1.54, 1.807) is 35.8 Å². The minimum Gasteiger partial charge on any atom is -0.404 e. The van der Waals surface area contributed by atoms with Crippen LogP contribution in [-0.4, -0.2) is 65.4 Å². The number of fused-ring (bicyclic) bond motifs is 3. The van der Waals surface area contributed by atoms with Gasteiger partial charge in [-0.25, -0.2) is 9.97 Å². The van der Waals surface area contributed by atoms with Crippen molar-refractivity contribution in [2.24, 2.45) is 0 Å². The number of hydrogen-bond donors (Lipinski definition) is 1. The highest BCUT2D eigenvalue weighted by molar-refractivity contribution is 6.32. The second-order valence-electron chi connectivity index (χ2n) is 11.3. The zero-order chi connectivity index (χ0) is 30.7. The van der Waals surface area contributed by atoms with E-state index in [1.807, 2.05) is 20.8 Å². The molecule has 14 heteroatoms. The Hall–Kier alpha value is -3.71. The fraction of sp³-hybridized carbons (Fsp3) is 0.464. The second-order valence-corrected chi connectivity index (χ2v) is 11.7. The van der Waals surface area contributed by atoms with E-state index in [0.29, 0.717) is 35.5 Å². The van der Waals surface area contributed by atoms with Crippen LogP contribution in [0.2, 0.25) is 5.02 Å². The Morgan fingerprint density at radius 1 is 1.17 bits per heavy atom. The van der Waals surface area contributed by atoms with E-state index < -0.39 is 29.7 Å². The number of aromatic nitrogens is 4. The van der Waals surface area contributed by atoms with Crippen LogP contribution in [0.25, 0.3) is 0 Å². The van der Waals surface area contributed by atoms with Gasteiger partial charge in [-0.2, -0.15) is 5.10 Å². The first-order valence-electron chi connectivity index (χ1n) is 13.4. The monoisotopic (exact) mass is 606 g/mol. The summed E-state index contributed by atoms with van der Waals surface area (Å²) < 4.78 is 44.2. The summed E-state index contributed by atoms with van der Waals surface area (Å²) in [5, 5.41) is 14.6. The number of aliphatic hydroxyl groups is 1. The number of rotatable bonds is 5. The van der Waals surface area contributed by atoms with Gasteiger partial charge in [-0.3, -0.25) is 14.3 Å². The average molecular weight is 607 g/mol. The first-order chi connectivity index (χ1) is 19.5. The van der Waals surface area contributed by atoms with E-state index >= 15 is 0 Å². The summed E-state index contributed by atoms with van der Waals surface area (Å²) in [6, 6.07) is 2.59. The van der Waals surface area contributed by atoms with Gasteiger partial charge >= 0.3 is 6.36 Å². The minimum atomic E-state index is -4.97. The van der Waals surface area contributed by atoms with Crippen LogP contribution in [0.15, 0.2) is 30.6 Å². The second kappa shape index (κ2) is 10.5. The first kappa shape index (κ1) is 29.8. The molecule has 5 rings (SSSR count). The van der Waals surface area contributed by atoms with Gasteiger partial charge < -0.3 is 19.6 Å². The lowest BCUT2D eigenvalue weighted by molar-refractivity contribution is -0.274. The van der Waals surface area contributed by atoms with Crippen LogP contribution in [0.3, 0.4) is 0 Å². The largest absolute Gasteiger partial charge is 0.573 e. The molecule has 0 aliphatic carbocycles. The SMILES string of the molecule is C[C@@H]1Cc2nn3c(c2CN1C(=O)c1ccc(Cl)c(OC(F)(F)F)c1)C(=O)N([C@H](C)c1cnc(C(C)(C)O)nc1)C[C@H]3C. The number of benzene rings is 1. The van der Waals surface area contributed by atoms with Crippen LogP contribution in [0.4, 0.5) is 13.2 Å². The lowest BCUT2D eigenvalue weighted by Crippen LogP contribution is -2.45. The summed E-state index contributed by atoms with van der Waals surface area (Å²) in [6.07, 6.45) is -1.42. The van der Waals surface area contributed by atoms with E-state index in [2.05, 4.69) is 14.7 Å². The maximum atomic E-state index is 13.9. The predicted octanol–water partition coefficient (Wildman–Crippen LogP) is 4.82. The minimum absolute atomic E-state index is 0.0283. The Labute approximate surface area is 245 Å². The van der Waals surface area contributed by atoms with Crippen LogP contribution in [0.1, 0.15) is 90.2 Å². The van der Waals surface area contributed by atoms with Gasteiger partial charge in [-0.15, -0.1) is 13.2 Å². The summed E-state index contributed by atoms with van der Waals surface area (Å²) >= 11 is 5.87. The van der Waals surface area contributed by atoms with Crippen LogP contribution in [0.5, 0.6) is 5.75 Å². The molecule has 0 saturated heterocycles. The van der Waals surface area contributed by atoms with E-state index in [1.165, 1.54) is 17.0 Å². The standard InChI is InChI=1S/C28H30ClF3N6O4/c1-14-8-21-19(13-36(14)24(39)17-6-7-20(29)22(9-17)42-28(30,31)32)23-25(40)37(12-15(2)38(23)35-21)16(3)18-10-33-26(34-11-18)27(4,5)41/h6-7,9-11,14-16,41H,8,12-13H2,1-5H3/t14-,15-,16-/m1/s1. The maximum absolute atomic E-state index is 13.9. The van der Waals surface area contributed by atoms with Gasteiger partial charge in [0.2, 0.25) is 0 Å². The van der Waals surface area contributed by atoms with Crippen molar-refractivity contribution in [1.29, 1.82) is 0 Å². The lowest BCUT2D eigenvalue weighted by atomic mass is 9.96. The molecule has 1 aromatic carbocycles. The fourth-order valence-electron chi connectivity index (χ4n) is 5.35. The molecule has 4 heterocycles. The van der Waals surface area contributed by atoms with Crippen molar-refractivity contribution in [3.63, 3.8) is 0 Å². The summed E-state index contributed by atoms with van der Waals surface area (Å²) in [6.45, 7) is 9.23. The van der Waals surface area contributed by atoms with E-state index in [0.717, 1.165) is 6.07 Å². The molecule has 3 atom stereocenters. The Morgan fingerprint density at radius 3 is 2.45 bits per heavy atom. The number of hydrogen-bond acceptors (Lipinski definition) is 7. The van der Waals surface area contributed by atoms with Crippen molar-refractivity contribution in [2.45, 2.75) is 77.7 Å². The zero-order valence-corrected chi connectivity index (χ0v) is 24.4. The summed E-state index contributed by atoms with van der Waals surface area (Å²) in [4.78, 5) is 39.2. The average Bonchev–Trinajstić information content (AvgIpc) is 3.28. The van der Waals surface area contributed by atoms with Crippen LogP contribution < -0.4 is 4.74 Å². The Bertz CT molecular complexity index is 1540. The molecule has 2 aliphatic heterocycles. The molecular weight excluding hydrogens is 577 g/mol. The third kappa shape index (κ3) is 5.54. The predicted molar refractivity (Wildman–Crippen MR) is 145 cm³/mol. The zero-order valence-electron chi connectivity index (χ0n) is 23.6. The Balaban J connectivity index is 1.43. The van der Waals surface area contributed by atoms with Crippen LogP contribution in [-0.2, 0) is 18.6 Å². The summed E-state index contributed by atoms with van der Waals surface area (Å²) in [7, 11) is 0. The van der Waals surface area contributed by atoms with Crippen molar-refractivity contribution in [1.82, 2.24) is 29.5 Å². The third-order valence-corrected chi connectivity index (χ3v) is 7.93. The van der Waals surface area contributed by atoms with Gasteiger partial charge in [0.25, 0.3) is 11.8 Å². The molecule has 2 aromatic heterocycles. The number of halogens is 4. The fourth-order valence-corrected chi connectivity index (χ4v) is 5.51. The number of alkyl halides is 3. The number of amides is 2. The highest BCUT2D eigenvalue weighted by Crippen LogP contribution is 2.36. The molecule has 0 unspecified atom stereocenters. The van der Waals surface area contributed by atoms with Crippen molar-refractivity contribution in [3.8, 4) is 5.75 Å². The van der Waals surface area contributed by atoms with E-state index in [4.69, 9.17) is 16.7 Å². The maximum Gasteiger partial charge on any atom is 0.573 e. The quantitative estimate of drug-likeness (QED) is 0.443. The third-order valence-electron chi connectivity index (χ3n) is 7.62. The van der Waals surface area contributed by atoms with Gasteiger partial charge in [0.1, 0.15) is 17.0 Å². The molecule has 0 saturated carbocycles. The molecule has 42 heavy (non-hydrogen) atoms. The van der Waals surface area contributed by atoms with Crippen LogP contribution >= 0.6 is 11.6 Å². The number of ether oxygens (including phenoxy) is 1. The molecule has 10 nitrogen and oxygen atoms in total. The molecule has 0 radical (unpaired) electrons. The molecule has 2 aliphatic rings. The molecule has 224 valence electrons. The number of carbonyl (C=O) groups excluding carboxylic acids is 2. The smallest absolute Gasteiger partial charge is 0.404 e. The van der Waals surface area contributed by atoms with Gasteiger partial charge in [0.15, 0.2) is 5.82 Å². The van der Waals surface area contributed by atoms with Gasteiger partial charge in [-0.1, -0.05) is 11.6 Å². The number of nitrogens with zero attached hydrogens (tertiary/aromatic N) is 6. The lowest BCUT2D eigenvalue weighted by Gasteiger charge is -2.37. The topological polar surface area (TPSA) is 114 Å². The highest BCUT2D eigenvalue weighted by Gasteiger charge is 2.41. The molecule has 2 amide bonds. The highest BCUT2D eigenvalue weighted by atomic mass is 35.5. The normalized spacial score (nSPS) is 19.8. The molecule has 0 bridgehead atoms. The van der Waals surface area contributed by atoms with Gasteiger partial charge in [0.05, 0.1) is 29.3 Å². The van der Waals surface area contributed by atoms with Gasteiger partial charge in [0, 0.05) is 48.1 Å². The molecule has 0 fully saturated rings. The molecule has 1 N–H and O–H groups in total. The van der Waals surface area contributed by atoms with Crippen LogP contribution in [0, 0.1) is 0 Å². The van der Waals surface area contributed by atoms with Crippen molar-refractivity contribution < 1.29 is 32.6 Å². The molecule has 3 aromatic rings. The Morgan fingerprint density at radius 2 is 1.83 bits per heavy atom. The summed E-state index contributed by atoms with van der Waals surface area (Å²) in [5.74, 6) is -1.20. The molecular formula is C28H30ClF3N6O4.